The number of rotatable bonds is 3. The lowest BCUT2D eigenvalue weighted by molar-refractivity contribution is 1.19. The van der Waals surface area contributed by atoms with E-state index in [2.05, 4.69) is 71.3 Å². The Morgan fingerprint density at radius 1 is 0.435 bits per heavy atom. The van der Waals surface area contributed by atoms with Crippen molar-refractivity contribution in [3.05, 3.63) is 138 Å². The summed E-state index contributed by atoms with van der Waals surface area (Å²) in [7, 11) is 0. The van der Waals surface area contributed by atoms with Crippen molar-refractivity contribution >= 4 is 53.3 Å². The molecule has 6 heteroatoms. The van der Waals surface area contributed by atoms with Crippen LogP contribution in [0.1, 0.15) is 22.3 Å². The summed E-state index contributed by atoms with van der Waals surface area (Å²) in [5, 5.41) is 44.0. The minimum Gasteiger partial charge on any atom is -0.309 e. The van der Waals surface area contributed by atoms with E-state index in [0.29, 0.717) is 33.4 Å². The van der Waals surface area contributed by atoms with Crippen LogP contribution in [0.25, 0.3) is 69.9 Å². The first-order valence-corrected chi connectivity index (χ1v) is 15.3. The number of aromatic nitrogens is 1. The zero-order valence-electron chi connectivity index (χ0n) is 24.1. The maximum Gasteiger partial charge on any atom is 0.0998 e. The van der Waals surface area contributed by atoms with Crippen LogP contribution in [-0.4, -0.2) is 4.57 Å². The zero-order valence-corrected chi connectivity index (χ0v) is 24.9. The van der Waals surface area contributed by atoms with Crippen molar-refractivity contribution in [1.29, 1.82) is 21.0 Å². The molecule has 0 aliphatic carbocycles. The van der Waals surface area contributed by atoms with Crippen LogP contribution in [0.3, 0.4) is 0 Å². The van der Waals surface area contributed by atoms with Gasteiger partial charge in [0.2, 0.25) is 0 Å². The van der Waals surface area contributed by atoms with Crippen LogP contribution in [-0.2, 0) is 0 Å². The van der Waals surface area contributed by atoms with Gasteiger partial charge in [0.05, 0.1) is 57.6 Å². The van der Waals surface area contributed by atoms with E-state index in [4.69, 9.17) is 0 Å². The predicted octanol–water partition coefficient (Wildman–Crippen LogP) is 9.97. The number of nitriles is 4. The summed E-state index contributed by atoms with van der Waals surface area (Å²) in [5.41, 5.74) is 7.37. The lowest BCUT2D eigenvalue weighted by atomic mass is 9.93. The monoisotopic (exact) mass is 601 g/mol. The fraction of sp³-hybridized carbons (Fsp3) is 0. The molecule has 0 radical (unpaired) electrons. The molecular weight excluding hydrogens is 583 g/mol. The number of thiophene rings is 1. The van der Waals surface area contributed by atoms with E-state index in [1.54, 1.807) is 47.7 Å². The molecule has 0 unspecified atom stereocenters. The van der Waals surface area contributed by atoms with Gasteiger partial charge < -0.3 is 4.57 Å². The Balaban J connectivity index is 1.47. The SMILES string of the molecule is N#Cc1cccc(C#N)c1-c1ccc2c(c1)c1ccc(-c3c(C#N)cccc3C#N)cc1n2-c1ccc2sc3ccccc3c2c1. The van der Waals surface area contributed by atoms with Gasteiger partial charge in [-0.25, -0.2) is 0 Å². The number of fused-ring (bicyclic) bond motifs is 6. The summed E-state index contributed by atoms with van der Waals surface area (Å²) in [5.74, 6) is 0. The Bertz CT molecular complexity index is 2690. The van der Waals surface area contributed by atoms with Gasteiger partial charge in [-0.1, -0.05) is 48.5 Å². The molecule has 0 amide bonds. The van der Waals surface area contributed by atoms with Crippen molar-refractivity contribution in [2.24, 2.45) is 0 Å². The molecule has 0 fully saturated rings. The molecule has 6 aromatic carbocycles. The second-order valence-electron chi connectivity index (χ2n) is 11.0. The molecular formula is C40H19N5S. The summed E-state index contributed by atoms with van der Waals surface area (Å²) >= 11 is 1.77. The Morgan fingerprint density at radius 2 is 1.02 bits per heavy atom. The molecule has 210 valence electrons. The van der Waals surface area contributed by atoms with Gasteiger partial charge in [0.1, 0.15) is 0 Å². The fourth-order valence-corrected chi connectivity index (χ4v) is 7.65. The summed E-state index contributed by atoms with van der Waals surface area (Å²) in [4.78, 5) is 0. The van der Waals surface area contributed by atoms with Crippen LogP contribution >= 0.6 is 11.3 Å². The highest BCUT2D eigenvalue weighted by atomic mass is 32.1. The molecule has 46 heavy (non-hydrogen) atoms. The van der Waals surface area contributed by atoms with E-state index in [-0.39, 0.29) is 0 Å². The topological polar surface area (TPSA) is 100 Å². The average molecular weight is 602 g/mol. The van der Waals surface area contributed by atoms with Crippen molar-refractivity contribution in [1.82, 2.24) is 4.57 Å². The second kappa shape index (κ2) is 10.5. The first-order chi connectivity index (χ1) is 22.6. The van der Waals surface area contributed by atoms with E-state index in [1.165, 1.54) is 20.2 Å². The van der Waals surface area contributed by atoms with Gasteiger partial charge in [0, 0.05) is 47.8 Å². The Kier molecular flexibility index (Phi) is 6.13. The molecule has 0 spiro atoms. The maximum absolute atomic E-state index is 9.94. The smallest absolute Gasteiger partial charge is 0.0998 e. The van der Waals surface area contributed by atoms with Gasteiger partial charge in [-0.3, -0.25) is 0 Å². The summed E-state index contributed by atoms with van der Waals surface area (Å²) < 4.78 is 4.64. The van der Waals surface area contributed by atoms with E-state index < -0.39 is 0 Å². The average Bonchev–Trinajstić information content (AvgIpc) is 3.65. The Labute approximate surface area is 267 Å². The summed E-state index contributed by atoms with van der Waals surface area (Å²) in [6.07, 6.45) is 0. The third-order valence-electron chi connectivity index (χ3n) is 8.57. The maximum atomic E-state index is 9.94. The first kappa shape index (κ1) is 26.9. The second-order valence-corrected chi connectivity index (χ2v) is 12.1. The van der Waals surface area contributed by atoms with Gasteiger partial charge >= 0.3 is 0 Å². The van der Waals surface area contributed by atoms with Crippen LogP contribution in [0.5, 0.6) is 0 Å². The number of benzene rings is 6. The molecule has 0 aliphatic rings. The van der Waals surface area contributed by atoms with E-state index in [9.17, 15) is 21.0 Å². The molecule has 0 saturated carbocycles. The highest BCUT2D eigenvalue weighted by Crippen LogP contribution is 2.41. The van der Waals surface area contributed by atoms with Gasteiger partial charge in [0.25, 0.3) is 0 Å². The Morgan fingerprint density at radius 3 is 1.67 bits per heavy atom. The van der Waals surface area contributed by atoms with Gasteiger partial charge in [-0.15, -0.1) is 11.3 Å². The minimum atomic E-state index is 0.437. The molecule has 0 N–H and O–H groups in total. The molecule has 2 aromatic heterocycles. The lowest BCUT2D eigenvalue weighted by Crippen LogP contribution is -1.95. The van der Waals surface area contributed by atoms with Crippen LogP contribution in [0.15, 0.2) is 115 Å². The normalized spacial score (nSPS) is 11.0. The number of nitrogens with zero attached hydrogens (tertiary/aromatic N) is 5. The van der Waals surface area contributed by atoms with Gasteiger partial charge in [0.15, 0.2) is 0 Å². The lowest BCUT2D eigenvalue weighted by Gasteiger charge is -2.11. The molecule has 0 bridgehead atoms. The minimum absolute atomic E-state index is 0.437. The van der Waals surface area contributed by atoms with Crippen molar-refractivity contribution in [3.63, 3.8) is 0 Å². The molecule has 5 nitrogen and oxygen atoms in total. The van der Waals surface area contributed by atoms with Crippen LogP contribution in [0, 0.1) is 45.3 Å². The molecule has 0 aliphatic heterocycles. The van der Waals surface area contributed by atoms with Gasteiger partial charge in [-0.05, 0) is 77.9 Å². The van der Waals surface area contributed by atoms with Gasteiger partial charge in [-0.2, -0.15) is 21.0 Å². The fourth-order valence-electron chi connectivity index (χ4n) is 6.56. The zero-order chi connectivity index (χ0) is 31.4. The van der Waals surface area contributed by atoms with Crippen molar-refractivity contribution in [2.45, 2.75) is 0 Å². The molecule has 8 rings (SSSR count). The highest BCUT2D eigenvalue weighted by Gasteiger charge is 2.19. The van der Waals surface area contributed by atoms with Crippen molar-refractivity contribution in [3.8, 4) is 52.2 Å². The van der Waals surface area contributed by atoms with Crippen LogP contribution < -0.4 is 0 Å². The third-order valence-corrected chi connectivity index (χ3v) is 9.72. The van der Waals surface area contributed by atoms with Crippen molar-refractivity contribution in [2.75, 3.05) is 0 Å². The van der Waals surface area contributed by atoms with Crippen LogP contribution in [0.4, 0.5) is 0 Å². The molecule has 8 aromatic rings. The highest BCUT2D eigenvalue weighted by molar-refractivity contribution is 7.25. The summed E-state index contributed by atoms with van der Waals surface area (Å²) in [6, 6.07) is 46.4. The van der Waals surface area contributed by atoms with E-state index in [1.807, 2.05) is 36.4 Å². The molecule has 0 atom stereocenters. The summed E-state index contributed by atoms with van der Waals surface area (Å²) in [6.45, 7) is 0. The van der Waals surface area contributed by atoms with E-state index >= 15 is 0 Å². The number of hydrogen-bond acceptors (Lipinski definition) is 5. The van der Waals surface area contributed by atoms with Crippen LogP contribution in [0.2, 0.25) is 0 Å². The number of hydrogen-bond donors (Lipinski definition) is 0. The Hall–Kier alpha value is -6.70. The standard InChI is InChI=1S/C40H19N5S/c41-20-26-5-3-6-27(21-42)39(26)24-12-15-35-33(17-24)31-14-11-25(40-28(22-43)7-4-8-29(40)23-44)18-36(31)45(35)30-13-16-38-34(19-30)32-9-1-2-10-37(32)46-38/h1-19H. The molecule has 2 heterocycles. The largest absolute Gasteiger partial charge is 0.309 e. The quantitative estimate of drug-likeness (QED) is 0.201. The first-order valence-electron chi connectivity index (χ1n) is 14.5. The third kappa shape index (κ3) is 3.97. The van der Waals surface area contributed by atoms with Crippen molar-refractivity contribution < 1.29 is 0 Å². The van der Waals surface area contributed by atoms with E-state index in [0.717, 1.165) is 38.6 Å². The molecule has 0 saturated heterocycles. The predicted molar refractivity (Wildman–Crippen MR) is 183 cm³/mol.